The van der Waals surface area contributed by atoms with Gasteiger partial charge >= 0.3 is 0 Å². The van der Waals surface area contributed by atoms with Crippen LogP contribution in [0.1, 0.15) is 21.7 Å². The smallest absolute Gasteiger partial charge is 0.271 e. The number of hydrogen-bond acceptors (Lipinski definition) is 5. The van der Waals surface area contributed by atoms with E-state index < -0.39 is 5.91 Å². The Labute approximate surface area is 130 Å². The number of nitrogens with one attached hydrogen (secondary N) is 1. The molecule has 1 amide bonds. The molecule has 0 radical (unpaired) electrons. The molecule has 1 N–H and O–H groups in total. The molecule has 22 heavy (non-hydrogen) atoms. The Balaban J connectivity index is 1.70. The summed E-state index contributed by atoms with van der Waals surface area (Å²) in [5.74, 6) is -0.417. The van der Waals surface area contributed by atoms with Crippen LogP contribution in [-0.4, -0.2) is 31.6 Å². The fraction of sp³-hybridized carbons (Fsp3) is 0.286. The van der Waals surface area contributed by atoms with E-state index in [-0.39, 0.29) is 11.1 Å². The molecule has 0 aliphatic rings. The zero-order chi connectivity index (χ0) is 15.7. The number of thiazole rings is 1. The van der Waals surface area contributed by atoms with Gasteiger partial charge in [0.1, 0.15) is 5.56 Å². The van der Waals surface area contributed by atoms with Gasteiger partial charge in [-0.3, -0.25) is 18.7 Å². The number of fused-ring (bicyclic) bond motifs is 1. The minimum absolute atomic E-state index is 0.0456. The number of aromatic nitrogens is 4. The highest BCUT2D eigenvalue weighted by Gasteiger charge is 2.13. The van der Waals surface area contributed by atoms with Crippen LogP contribution < -0.4 is 10.9 Å². The van der Waals surface area contributed by atoms with E-state index in [9.17, 15) is 9.59 Å². The topological polar surface area (TPSA) is 81.3 Å². The lowest BCUT2D eigenvalue weighted by molar-refractivity contribution is 0.0950. The van der Waals surface area contributed by atoms with Crippen molar-refractivity contribution in [2.45, 2.75) is 20.4 Å². The maximum Gasteiger partial charge on any atom is 0.271 e. The third kappa shape index (κ3) is 2.64. The van der Waals surface area contributed by atoms with Crippen molar-refractivity contribution in [3.05, 3.63) is 51.1 Å². The van der Waals surface area contributed by atoms with Crippen LogP contribution in [0.15, 0.2) is 28.6 Å². The molecule has 8 heteroatoms. The summed E-state index contributed by atoms with van der Waals surface area (Å²) in [5.41, 5.74) is 1.67. The van der Waals surface area contributed by atoms with Crippen molar-refractivity contribution in [3.8, 4) is 0 Å². The molecule has 114 valence electrons. The van der Waals surface area contributed by atoms with Gasteiger partial charge in [0, 0.05) is 30.0 Å². The van der Waals surface area contributed by atoms with Gasteiger partial charge < -0.3 is 5.32 Å². The van der Waals surface area contributed by atoms with Crippen LogP contribution in [0.4, 0.5) is 0 Å². The molecule has 7 nitrogen and oxygen atoms in total. The molecule has 0 aromatic carbocycles. The molecule has 0 fully saturated rings. The number of carbonyl (C=O) groups excluding carboxylic acids is 1. The molecule has 0 spiro atoms. The molecule has 0 saturated heterocycles. The van der Waals surface area contributed by atoms with Crippen LogP contribution in [0.5, 0.6) is 0 Å². The van der Waals surface area contributed by atoms with Gasteiger partial charge in [0.25, 0.3) is 11.5 Å². The monoisotopic (exact) mass is 317 g/mol. The van der Waals surface area contributed by atoms with E-state index in [1.165, 1.54) is 21.9 Å². The van der Waals surface area contributed by atoms with Crippen LogP contribution in [0.3, 0.4) is 0 Å². The van der Waals surface area contributed by atoms with Crippen molar-refractivity contribution in [1.29, 1.82) is 0 Å². The molecule has 3 aromatic rings. The largest absolute Gasteiger partial charge is 0.350 e. The zero-order valence-electron chi connectivity index (χ0n) is 12.2. The Morgan fingerprint density at radius 2 is 2.23 bits per heavy atom. The van der Waals surface area contributed by atoms with E-state index in [0.29, 0.717) is 18.1 Å². The lowest BCUT2D eigenvalue weighted by Gasteiger charge is -2.06. The third-order valence-electron chi connectivity index (χ3n) is 3.30. The van der Waals surface area contributed by atoms with Crippen molar-refractivity contribution in [3.63, 3.8) is 0 Å². The number of hydrogen-bond donors (Lipinski definition) is 1. The van der Waals surface area contributed by atoms with Crippen LogP contribution in [0, 0.1) is 13.8 Å². The first kappa shape index (κ1) is 14.5. The van der Waals surface area contributed by atoms with Crippen molar-refractivity contribution in [2.24, 2.45) is 0 Å². The highest BCUT2D eigenvalue weighted by Crippen LogP contribution is 2.05. The van der Waals surface area contributed by atoms with Crippen LogP contribution in [-0.2, 0) is 6.54 Å². The Morgan fingerprint density at radius 1 is 1.41 bits per heavy atom. The van der Waals surface area contributed by atoms with E-state index >= 15 is 0 Å². The lowest BCUT2D eigenvalue weighted by atomic mass is 10.3. The van der Waals surface area contributed by atoms with Crippen LogP contribution in [0.25, 0.3) is 4.96 Å². The number of amides is 1. The zero-order valence-corrected chi connectivity index (χ0v) is 13.1. The quantitative estimate of drug-likeness (QED) is 0.778. The van der Waals surface area contributed by atoms with Gasteiger partial charge in [-0.25, -0.2) is 4.98 Å². The fourth-order valence-corrected chi connectivity index (χ4v) is 2.93. The molecule has 3 heterocycles. The second-order valence-corrected chi connectivity index (χ2v) is 5.81. The molecule has 0 aliphatic carbocycles. The second-order valence-electron chi connectivity index (χ2n) is 4.94. The average Bonchev–Trinajstić information content (AvgIpc) is 3.06. The molecule has 3 aromatic heterocycles. The normalized spacial score (nSPS) is 11.0. The molecule has 3 rings (SSSR count). The number of rotatable bonds is 4. The van der Waals surface area contributed by atoms with Crippen molar-refractivity contribution >= 4 is 22.2 Å². The van der Waals surface area contributed by atoms with Crippen molar-refractivity contribution in [2.75, 3.05) is 6.54 Å². The van der Waals surface area contributed by atoms with E-state index in [0.717, 1.165) is 11.4 Å². The third-order valence-corrected chi connectivity index (χ3v) is 4.07. The highest BCUT2D eigenvalue weighted by molar-refractivity contribution is 7.15. The van der Waals surface area contributed by atoms with E-state index in [2.05, 4.69) is 15.4 Å². The molecule has 0 unspecified atom stereocenters. The SMILES string of the molecule is Cc1cc(C)n(CCNC(=O)c2cnc3sccn3c2=O)n1. The summed E-state index contributed by atoms with van der Waals surface area (Å²) in [6, 6.07) is 1.97. The summed E-state index contributed by atoms with van der Waals surface area (Å²) in [6.45, 7) is 4.83. The van der Waals surface area contributed by atoms with Crippen molar-refractivity contribution < 1.29 is 4.79 Å². The van der Waals surface area contributed by atoms with Gasteiger partial charge in [-0.1, -0.05) is 0 Å². The Hall–Kier alpha value is -2.48. The minimum Gasteiger partial charge on any atom is -0.350 e. The first-order chi connectivity index (χ1) is 10.6. The van der Waals surface area contributed by atoms with E-state index in [1.54, 1.807) is 11.6 Å². The van der Waals surface area contributed by atoms with Gasteiger partial charge in [-0.05, 0) is 19.9 Å². The molecule has 0 aliphatic heterocycles. The van der Waals surface area contributed by atoms with Crippen molar-refractivity contribution in [1.82, 2.24) is 24.5 Å². The van der Waals surface area contributed by atoms with Gasteiger partial charge in [0.05, 0.1) is 12.2 Å². The molecule has 0 bridgehead atoms. The number of nitrogens with zero attached hydrogens (tertiary/aromatic N) is 4. The summed E-state index contributed by atoms with van der Waals surface area (Å²) in [5, 5.41) is 8.81. The Kier molecular flexibility index (Phi) is 3.76. The molecule has 0 atom stereocenters. The lowest BCUT2D eigenvalue weighted by Crippen LogP contribution is -2.33. The minimum atomic E-state index is -0.417. The van der Waals surface area contributed by atoms with Crippen LogP contribution in [0.2, 0.25) is 0 Å². The summed E-state index contributed by atoms with van der Waals surface area (Å²) in [7, 11) is 0. The van der Waals surface area contributed by atoms with Gasteiger partial charge in [0.2, 0.25) is 0 Å². The first-order valence-electron chi connectivity index (χ1n) is 6.80. The maximum absolute atomic E-state index is 12.2. The average molecular weight is 317 g/mol. The van der Waals surface area contributed by atoms with Gasteiger partial charge in [-0.2, -0.15) is 5.10 Å². The predicted octanol–water partition coefficient (Wildman–Crippen LogP) is 0.999. The maximum atomic E-state index is 12.2. The molecular weight excluding hydrogens is 302 g/mol. The van der Waals surface area contributed by atoms with Crippen LogP contribution >= 0.6 is 11.3 Å². The van der Waals surface area contributed by atoms with Gasteiger partial charge in [0.15, 0.2) is 4.96 Å². The molecule has 0 saturated carbocycles. The number of aryl methyl sites for hydroxylation is 2. The summed E-state index contributed by atoms with van der Waals surface area (Å²) < 4.78 is 3.20. The molecular formula is C14H15N5O2S. The highest BCUT2D eigenvalue weighted by atomic mass is 32.1. The summed E-state index contributed by atoms with van der Waals surface area (Å²) >= 11 is 1.35. The fourth-order valence-electron chi connectivity index (χ4n) is 2.25. The number of carbonyl (C=O) groups is 1. The second kappa shape index (κ2) is 5.72. The summed E-state index contributed by atoms with van der Waals surface area (Å²) in [4.78, 5) is 29.0. The van der Waals surface area contributed by atoms with Gasteiger partial charge in [-0.15, -0.1) is 11.3 Å². The first-order valence-corrected chi connectivity index (χ1v) is 7.68. The standard InChI is InChI=1S/C14H15N5O2S/c1-9-7-10(2)19(17-9)4-3-15-12(20)11-8-16-14-18(13(11)21)5-6-22-14/h5-8H,3-4H2,1-2H3,(H,15,20). The summed E-state index contributed by atoms with van der Waals surface area (Å²) in [6.07, 6.45) is 2.94. The van der Waals surface area contributed by atoms with E-state index in [4.69, 9.17) is 0 Å². The van der Waals surface area contributed by atoms with E-state index in [1.807, 2.05) is 24.6 Å². The Morgan fingerprint density at radius 3 is 2.95 bits per heavy atom. The predicted molar refractivity (Wildman–Crippen MR) is 83.4 cm³/mol. The Bertz CT molecular complexity index is 892.